The van der Waals surface area contributed by atoms with Crippen LogP contribution in [0.4, 0.5) is 0 Å². The number of rotatable bonds is 4. The lowest BCUT2D eigenvalue weighted by Crippen LogP contribution is -2.49. The van der Waals surface area contributed by atoms with E-state index >= 15 is 0 Å². The minimum absolute atomic E-state index is 0.220. The molecule has 8 nitrogen and oxygen atoms in total. The molecule has 0 bridgehead atoms. The quantitative estimate of drug-likeness (QED) is 0.810. The lowest BCUT2D eigenvalue weighted by molar-refractivity contribution is -0.0140. The first-order valence-electron chi connectivity index (χ1n) is 9.38. The fourth-order valence-electron chi connectivity index (χ4n) is 3.27. The topological polar surface area (TPSA) is 103 Å². The van der Waals surface area contributed by atoms with E-state index in [1.807, 2.05) is 19.1 Å². The molecule has 8 heteroatoms. The molecule has 2 aromatic rings. The molecule has 0 aliphatic carbocycles. The fourth-order valence-corrected chi connectivity index (χ4v) is 3.27. The van der Waals surface area contributed by atoms with Crippen molar-refractivity contribution in [2.45, 2.75) is 31.9 Å². The van der Waals surface area contributed by atoms with E-state index in [1.54, 1.807) is 12.3 Å². The second kappa shape index (κ2) is 8.12. The summed E-state index contributed by atoms with van der Waals surface area (Å²) in [6.45, 7) is 3.52. The van der Waals surface area contributed by atoms with Crippen molar-refractivity contribution in [3.05, 3.63) is 46.9 Å². The Bertz CT molecular complexity index is 856. The predicted octanol–water partition coefficient (Wildman–Crippen LogP) is 1.03. The Labute approximate surface area is 162 Å². The van der Waals surface area contributed by atoms with Gasteiger partial charge in [0.2, 0.25) is 0 Å². The van der Waals surface area contributed by atoms with Crippen LogP contribution in [0.5, 0.6) is 11.6 Å². The summed E-state index contributed by atoms with van der Waals surface area (Å²) in [5, 5.41) is 12.9. The van der Waals surface area contributed by atoms with Gasteiger partial charge >= 0.3 is 0 Å². The van der Waals surface area contributed by atoms with E-state index in [1.165, 1.54) is 0 Å². The van der Waals surface area contributed by atoms with Crippen LogP contribution in [0.3, 0.4) is 0 Å². The average Bonchev–Trinajstić information content (AvgIpc) is 2.71. The van der Waals surface area contributed by atoms with E-state index in [9.17, 15) is 9.90 Å². The Morgan fingerprint density at radius 3 is 2.93 bits per heavy atom. The van der Waals surface area contributed by atoms with Crippen LogP contribution < -0.4 is 14.8 Å². The van der Waals surface area contributed by atoms with E-state index in [2.05, 4.69) is 15.3 Å². The van der Waals surface area contributed by atoms with Crippen LogP contribution in [0.25, 0.3) is 0 Å². The van der Waals surface area contributed by atoms with E-state index < -0.39 is 12.1 Å². The number of hydrogen-bond donors (Lipinski definition) is 2. The van der Waals surface area contributed by atoms with Gasteiger partial charge in [-0.25, -0.2) is 4.98 Å². The molecule has 4 heterocycles. The minimum atomic E-state index is -0.631. The Morgan fingerprint density at radius 1 is 1.29 bits per heavy atom. The largest absolute Gasteiger partial charge is 0.484 e. The van der Waals surface area contributed by atoms with Crippen molar-refractivity contribution in [3.63, 3.8) is 0 Å². The first kappa shape index (κ1) is 18.6. The highest BCUT2D eigenvalue weighted by molar-refractivity contribution is 5.93. The average molecular weight is 385 g/mol. The first-order chi connectivity index (χ1) is 13.6. The van der Waals surface area contributed by atoms with Crippen LogP contribution in [0.1, 0.15) is 33.7 Å². The Hall–Kier alpha value is -2.71. The lowest BCUT2D eigenvalue weighted by atomic mass is 10.0. The SMILES string of the molecule is Cc1ccc(Cc2cc(C(=O)N[C@H]3COCC[C@@H]3O)nc3c2OCCO3)cn1. The van der Waals surface area contributed by atoms with E-state index in [0.29, 0.717) is 44.3 Å². The van der Waals surface area contributed by atoms with Gasteiger partial charge in [-0.05, 0) is 31.0 Å². The summed E-state index contributed by atoms with van der Waals surface area (Å²) in [5.74, 6) is 0.494. The van der Waals surface area contributed by atoms with Crippen LogP contribution in [0.2, 0.25) is 0 Å². The highest BCUT2D eigenvalue weighted by Crippen LogP contribution is 2.34. The molecule has 4 rings (SSSR count). The summed E-state index contributed by atoms with van der Waals surface area (Å²) in [6, 6.07) is 5.19. The number of aromatic nitrogens is 2. The maximum Gasteiger partial charge on any atom is 0.270 e. The van der Waals surface area contributed by atoms with Gasteiger partial charge in [0.25, 0.3) is 11.8 Å². The molecule has 2 aromatic heterocycles. The van der Waals surface area contributed by atoms with Crippen LogP contribution in [0, 0.1) is 6.92 Å². The van der Waals surface area contributed by atoms with Gasteiger partial charge < -0.3 is 24.6 Å². The van der Waals surface area contributed by atoms with Gasteiger partial charge in [0, 0.05) is 30.5 Å². The molecule has 1 saturated heterocycles. The molecule has 1 amide bonds. The van der Waals surface area contributed by atoms with Crippen molar-refractivity contribution in [1.29, 1.82) is 0 Å². The van der Waals surface area contributed by atoms with Gasteiger partial charge in [-0.1, -0.05) is 6.07 Å². The Balaban J connectivity index is 1.60. The fraction of sp³-hybridized carbons (Fsp3) is 0.450. The number of aryl methyl sites for hydroxylation is 1. The third-order valence-electron chi connectivity index (χ3n) is 4.82. The van der Waals surface area contributed by atoms with Crippen LogP contribution in [-0.2, 0) is 11.2 Å². The molecule has 1 fully saturated rings. The molecule has 0 aromatic carbocycles. The van der Waals surface area contributed by atoms with Crippen LogP contribution >= 0.6 is 0 Å². The van der Waals surface area contributed by atoms with Crippen molar-refractivity contribution >= 4 is 5.91 Å². The molecule has 2 aliphatic heterocycles. The lowest BCUT2D eigenvalue weighted by Gasteiger charge is -2.28. The molecule has 2 N–H and O–H groups in total. The number of pyridine rings is 2. The summed E-state index contributed by atoms with van der Waals surface area (Å²) in [6.07, 6.45) is 2.21. The number of aliphatic hydroxyl groups is 1. The molecular weight excluding hydrogens is 362 g/mol. The van der Waals surface area contributed by atoms with E-state index in [-0.39, 0.29) is 18.2 Å². The number of carbonyl (C=O) groups is 1. The highest BCUT2D eigenvalue weighted by atomic mass is 16.6. The maximum atomic E-state index is 12.7. The zero-order valence-corrected chi connectivity index (χ0v) is 15.7. The Kier molecular flexibility index (Phi) is 5.40. The van der Waals surface area contributed by atoms with Crippen molar-refractivity contribution in [2.24, 2.45) is 0 Å². The summed E-state index contributed by atoms with van der Waals surface area (Å²) in [5.41, 5.74) is 2.96. The number of ether oxygens (including phenoxy) is 3. The maximum absolute atomic E-state index is 12.7. The van der Waals surface area contributed by atoms with Crippen molar-refractivity contribution in [3.8, 4) is 11.6 Å². The Morgan fingerprint density at radius 2 is 2.14 bits per heavy atom. The number of nitrogens with zero attached hydrogens (tertiary/aromatic N) is 2. The van der Waals surface area contributed by atoms with Gasteiger partial charge in [0.1, 0.15) is 18.9 Å². The number of carbonyl (C=O) groups excluding carboxylic acids is 1. The number of hydrogen-bond acceptors (Lipinski definition) is 7. The molecule has 0 unspecified atom stereocenters. The number of amides is 1. The summed E-state index contributed by atoms with van der Waals surface area (Å²) < 4.78 is 16.7. The number of nitrogens with one attached hydrogen (secondary N) is 1. The van der Waals surface area contributed by atoms with Crippen molar-refractivity contribution in [2.75, 3.05) is 26.4 Å². The standard InChI is InChI=1S/C20H23N3O5/c1-12-2-3-13(10-21-12)8-14-9-15(23-20-18(14)27-6-7-28-20)19(25)22-16-11-26-5-4-17(16)24/h2-3,9-10,16-17,24H,4-8,11H2,1H3,(H,22,25)/t16-,17-/m0/s1. The molecule has 28 heavy (non-hydrogen) atoms. The van der Waals surface area contributed by atoms with Crippen LogP contribution in [0.15, 0.2) is 24.4 Å². The highest BCUT2D eigenvalue weighted by Gasteiger charge is 2.28. The zero-order chi connectivity index (χ0) is 19.5. The number of fused-ring (bicyclic) bond motifs is 1. The smallest absolute Gasteiger partial charge is 0.270 e. The summed E-state index contributed by atoms with van der Waals surface area (Å²) >= 11 is 0. The molecule has 0 saturated carbocycles. The molecule has 0 spiro atoms. The normalized spacial score (nSPS) is 21.2. The molecule has 2 aliphatic rings. The third kappa shape index (κ3) is 4.07. The van der Waals surface area contributed by atoms with Crippen LogP contribution in [-0.4, -0.2) is 59.6 Å². The first-order valence-corrected chi connectivity index (χ1v) is 9.38. The molecule has 0 radical (unpaired) electrons. The molecule has 2 atom stereocenters. The van der Waals surface area contributed by atoms with Gasteiger partial charge in [-0.3, -0.25) is 9.78 Å². The van der Waals surface area contributed by atoms with Gasteiger partial charge in [-0.2, -0.15) is 0 Å². The second-order valence-corrected chi connectivity index (χ2v) is 6.99. The van der Waals surface area contributed by atoms with Crippen molar-refractivity contribution in [1.82, 2.24) is 15.3 Å². The van der Waals surface area contributed by atoms with Gasteiger partial charge in [-0.15, -0.1) is 0 Å². The monoisotopic (exact) mass is 385 g/mol. The van der Waals surface area contributed by atoms with E-state index in [4.69, 9.17) is 14.2 Å². The van der Waals surface area contributed by atoms with E-state index in [0.717, 1.165) is 16.8 Å². The second-order valence-electron chi connectivity index (χ2n) is 6.99. The third-order valence-corrected chi connectivity index (χ3v) is 4.82. The summed E-state index contributed by atoms with van der Waals surface area (Å²) in [7, 11) is 0. The summed E-state index contributed by atoms with van der Waals surface area (Å²) in [4.78, 5) is 21.4. The minimum Gasteiger partial charge on any atom is -0.484 e. The zero-order valence-electron chi connectivity index (χ0n) is 15.7. The van der Waals surface area contributed by atoms with Gasteiger partial charge in [0.05, 0.1) is 18.8 Å². The predicted molar refractivity (Wildman–Crippen MR) is 99.7 cm³/mol. The number of aliphatic hydroxyl groups excluding tert-OH is 1. The van der Waals surface area contributed by atoms with Gasteiger partial charge in [0.15, 0.2) is 5.75 Å². The molecular formula is C20H23N3O5. The molecule has 148 valence electrons. The van der Waals surface area contributed by atoms with Crippen molar-refractivity contribution < 1.29 is 24.1 Å².